The fraction of sp³-hybridized carbons (Fsp3) is 0.158. The lowest BCUT2D eigenvalue weighted by molar-refractivity contribution is -0.730. The number of nitrogens with one attached hydrogen (secondary N) is 1. The summed E-state index contributed by atoms with van der Waals surface area (Å²) in [7, 11) is 2.96. The lowest BCUT2D eigenvalue weighted by atomic mass is 10.0. The van der Waals surface area contributed by atoms with Crippen molar-refractivity contribution < 1.29 is 23.8 Å². The lowest BCUT2D eigenvalue weighted by Gasteiger charge is -2.11. The summed E-state index contributed by atoms with van der Waals surface area (Å²) in [6, 6.07) is 10.6. The molecule has 0 atom stereocenters. The number of rotatable bonds is 6. The normalized spacial score (nSPS) is 10.2. The Kier molecular flexibility index (Phi) is 6.23. The van der Waals surface area contributed by atoms with E-state index in [0.29, 0.717) is 11.4 Å². The number of nitrogens with two attached hydrogens (primary N) is 1. The van der Waals surface area contributed by atoms with Gasteiger partial charge in [0.25, 0.3) is 5.69 Å². The topological polar surface area (TPSA) is 178 Å². The average Bonchev–Trinajstić information content (AvgIpc) is 3.09. The zero-order chi connectivity index (χ0) is 22.5. The predicted molar refractivity (Wildman–Crippen MR) is 107 cm³/mol. The molecule has 156 valence electrons. The molecule has 3 aromatic rings. The van der Waals surface area contributed by atoms with Crippen molar-refractivity contribution in [2.45, 2.75) is 5.03 Å². The smallest absolute Gasteiger partial charge is 0.266 e. The number of methoxy groups -OCH3 is 1. The Balaban J connectivity index is 1.90. The van der Waals surface area contributed by atoms with Crippen LogP contribution in [0, 0.1) is 22.7 Å². The summed E-state index contributed by atoms with van der Waals surface area (Å²) in [4.78, 5) is 16.4. The minimum atomic E-state index is -0.839. The standard InChI is InChI=1S/C19H15N7O4S/c1-26-16(19(28)30-25-26)15-12(7-20)17(22)24-18(13(15)8-21)31-9-14(27)23-10-3-5-11(29-2)6-4-10/h3-6H,9H2,1-2H3,(H3-,22,23,24,25,27,28). The van der Waals surface area contributed by atoms with Crippen molar-refractivity contribution >= 4 is 29.2 Å². The maximum Gasteiger partial charge on any atom is 0.266 e. The van der Waals surface area contributed by atoms with E-state index in [-0.39, 0.29) is 44.9 Å². The Hall–Kier alpha value is -4.29. The molecule has 0 radical (unpaired) electrons. The number of anilines is 2. The van der Waals surface area contributed by atoms with Crippen LogP contribution in [-0.2, 0) is 11.8 Å². The molecule has 2 heterocycles. The molecular formula is C19H15N7O4S. The Morgan fingerprint density at radius 2 is 2.00 bits per heavy atom. The monoisotopic (exact) mass is 437 g/mol. The van der Waals surface area contributed by atoms with Crippen LogP contribution in [0.5, 0.6) is 11.7 Å². The van der Waals surface area contributed by atoms with E-state index in [2.05, 4.69) is 20.1 Å². The molecule has 31 heavy (non-hydrogen) atoms. The molecule has 0 saturated carbocycles. The van der Waals surface area contributed by atoms with Crippen LogP contribution >= 0.6 is 11.8 Å². The van der Waals surface area contributed by atoms with Gasteiger partial charge in [-0.1, -0.05) is 16.4 Å². The number of amides is 1. The SMILES string of the molecule is COc1ccc(NC(=O)CSc2nc(N)c(C#N)c(-c3c([O-])on[n+]3C)c2C#N)cc1. The summed E-state index contributed by atoms with van der Waals surface area (Å²) in [5, 5.41) is 37.6. The van der Waals surface area contributed by atoms with Crippen molar-refractivity contribution in [2.24, 2.45) is 7.05 Å². The molecule has 3 rings (SSSR count). The number of nitriles is 2. The van der Waals surface area contributed by atoms with E-state index < -0.39 is 5.95 Å². The first-order valence-electron chi connectivity index (χ1n) is 8.63. The second-order valence-corrected chi connectivity index (χ2v) is 7.01. The van der Waals surface area contributed by atoms with Gasteiger partial charge in [0.1, 0.15) is 34.3 Å². The van der Waals surface area contributed by atoms with Gasteiger partial charge in [0, 0.05) is 5.69 Å². The molecule has 0 aliphatic heterocycles. The van der Waals surface area contributed by atoms with Crippen molar-refractivity contribution in [2.75, 3.05) is 23.9 Å². The minimum Gasteiger partial charge on any atom is -0.539 e. The number of aryl methyl sites for hydroxylation is 1. The van der Waals surface area contributed by atoms with Crippen molar-refractivity contribution in [3.8, 4) is 35.1 Å². The molecule has 1 aromatic carbocycles. The molecule has 0 unspecified atom stereocenters. The largest absolute Gasteiger partial charge is 0.539 e. The fourth-order valence-electron chi connectivity index (χ4n) is 2.72. The first-order valence-corrected chi connectivity index (χ1v) is 9.61. The first kappa shape index (κ1) is 21.4. The maximum atomic E-state index is 12.3. The van der Waals surface area contributed by atoms with Gasteiger partial charge >= 0.3 is 0 Å². The van der Waals surface area contributed by atoms with Gasteiger partial charge in [-0.25, -0.2) is 4.98 Å². The number of carbonyl (C=O) groups excluding carboxylic acids is 1. The molecule has 0 bridgehead atoms. The van der Waals surface area contributed by atoms with Crippen LogP contribution in [0.2, 0.25) is 0 Å². The summed E-state index contributed by atoms with van der Waals surface area (Å²) in [5.74, 6) is -0.830. The highest BCUT2D eigenvalue weighted by Gasteiger charge is 2.29. The average molecular weight is 437 g/mol. The van der Waals surface area contributed by atoms with Gasteiger partial charge < -0.3 is 25.4 Å². The van der Waals surface area contributed by atoms with Crippen molar-refractivity contribution in [3.05, 3.63) is 35.4 Å². The van der Waals surface area contributed by atoms with Gasteiger partial charge in [0.05, 0.1) is 29.3 Å². The molecule has 0 aliphatic rings. The molecule has 11 nitrogen and oxygen atoms in total. The number of pyridine rings is 1. The number of hydrogen-bond acceptors (Lipinski definition) is 10. The molecule has 0 saturated heterocycles. The highest BCUT2D eigenvalue weighted by atomic mass is 32.2. The van der Waals surface area contributed by atoms with E-state index in [4.69, 9.17) is 10.5 Å². The molecule has 12 heteroatoms. The summed E-state index contributed by atoms with van der Waals surface area (Å²) >= 11 is 0.941. The van der Waals surface area contributed by atoms with Gasteiger partial charge in [0.15, 0.2) is 13.0 Å². The van der Waals surface area contributed by atoms with E-state index in [1.165, 1.54) is 14.2 Å². The number of carbonyl (C=O) groups is 1. The van der Waals surface area contributed by atoms with Crippen LogP contribution in [-0.4, -0.2) is 29.0 Å². The first-order chi connectivity index (χ1) is 14.9. The minimum absolute atomic E-state index is 0.0377. The molecule has 3 N–H and O–H groups in total. The van der Waals surface area contributed by atoms with Crippen LogP contribution in [0.4, 0.5) is 11.5 Å². The van der Waals surface area contributed by atoms with Crippen molar-refractivity contribution in [3.63, 3.8) is 0 Å². The van der Waals surface area contributed by atoms with Gasteiger partial charge in [-0.05, 0) is 24.3 Å². The number of nitrogens with zero attached hydrogens (tertiary/aromatic N) is 5. The van der Waals surface area contributed by atoms with Gasteiger partial charge in [-0.15, -0.1) is 0 Å². The van der Waals surface area contributed by atoms with Crippen LogP contribution in [0.3, 0.4) is 0 Å². The van der Waals surface area contributed by atoms with E-state index in [9.17, 15) is 20.4 Å². The van der Waals surface area contributed by atoms with E-state index in [1.807, 2.05) is 12.1 Å². The molecule has 0 fully saturated rings. The Morgan fingerprint density at radius 1 is 1.32 bits per heavy atom. The fourth-order valence-corrected chi connectivity index (χ4v) is 3.52. The molecule has 1 amide bonds. The third-order valence-corrected chi connectivity index (χ3v) is 5.10. The van der Waals surface area contributed by atoms with Crippen molar-refractivity contribution in [1.29, 1.82) is 10.5 Å². The van der Waals surface area contributed by atoms with Crippen LogP contribution in [0.15, 0.2) is 33.8 Å². The molecular weight excluding hydrogens is 422 g/mol. The van der Waals surface area contributed by atoms with Crippen LogP contribution in [0.1, 0.15) is 11.1 Å². The van der Waals surface area contributed by atoms with E-state index in [0.717, 1.165) is 16.4 Å². The molecule has 2 aromatic heterocycles. The lowest BCUT2D eigenvalue weighted by Crippen LogP contribution is -2.32. The highest BCUT2D eigenvalue weighted by Crippen LogP contribution is 2.36. The number of aromatic nitrogens is 3. The second kappa shape index (κ2) is 9.02. The van der Waals surface area contributed by atoms with Crippen molar-refractivity contribution in [1.82, 2.24) is 10.3 Å². The molecule has 0 spiro atoms. The second-order valence-electron chi connectivity index (χ2n) is 6.05. The number of nitrogen functional groups attached to an aromatic ring is 1. The zero-order valence-electron chi connectivity index (χ0n) is 16.4. The summed E-state index contributed by atoms with van der Waals surface area (Å²) in [6.07, 6.45) is 0. The number of hydrogen-bond donors (Lipinski definition) is 2. The third-order valence-electron chi connectivity index (χ3n) is 4.13. The quantitative estimate of drug-likeness (QED) is 0.412. The third kappa shape index (κ3) is 4.34. The number of ether oxygens (including phenoxy) is 1. The predicted octanol–water partition coefficient (Wildman–Crippen LogP) is 0.700. The molecule has 0 aliphatic carbocycles. The van der Waals surface area contributed by atoms with Crippen LogP contribution in [0.25, 0.3) is 11.3 Å². The Bertz CT molecular complexity index is 1210. The van der Waals surface area contributed by atoms with Gasteiger partial charge in [-0.2, -0.15) is 10.5 Å². The Labute approximate surface area is 180 Å². The maximum absolute atomic E-state index is 12.3. The van der Waals surface area contributed by atoms with E-state index >= 15 is 0 Å². The Morgan fingerprint density at radius 3 is 2.55 bits per heavy atom. The summed E-state index contributed by atoms with van der Waals surface area (Å²) < 4.78 is 10.8. The van der Waals surface area contributed by atoms with Gasteiger partial charge in [0.2, 0.25) is 5.91 Å². The number of thioether (sulfide) groups is 1. The number of benzene rings is 1. The highest BCUT2D eigenvalue weighted by molar-refractivity contribution is 8.00. The van der Waals surface area contributed by atoms with Gasteiger partial charge in [-0.3, -0.25) is 4.79 Å². The van der Waals surface area contributed by atoms with Crippen LogP contribution < -0.4 is 25.6 Å². The summed E-state index contributed by atoms with van der Waals surface area (Å²) in [5.41, 5.74) is 6.06. The zero-order valence-corrected chi connectivity index (χ0v) is 17.2. The summed E-state index contributed by atoms with van der Waals surface area (Å²) in [6.45, 7) is 0. The van der Waals surface area contributed by atoms with E-state index in [1.54, 1.807) is 24.3 Å².